The van der Waals surface area contributed by atoms with E-state index in [0.29, 0.717) is 0 Å². The Morgan fingerprint density at radius 2 is 1.73 bits per heavy atom. The molecule has 0 bridgehead atoms. The second-order valence-electron chi connectivity index (χ2n) is 2.61. The molecule has 0 amide bonds. The van der Waals surface area contributed by atoms with Crippen LogP contribution < -0.4 is 68.9 Å². The van der Waals surface area contributed by atoms with Crippen LogP contribution in [-0.4, -0.2) is 11.1 Å². The molecule has 1 N–H and O–H groups in total. The van der Waals surface area contributed by atoms with Crippen molar-refractivity contribution in [3.8, 4) is 0 Å². The Morgan fingerprint density at radius 1 is 1.36 bits per heavy atom. The van der Waals surface area contributed by atoms with E-state index in [1.54, 1.807) is 0 Å². The summed E-state index contributed by atoms with van der Waals surface area (Å²) < 4.78 is 0. The summed E-state index contributed by atoms with van der Waals surface area (Å²) in [6.07, 6.45) is 3.58. The van der Waals surface area contributed by atoms with Crippen LogP contribution in [0.3, 0.4) is 0 Å². The van der Waals surface area contributed by atoms with Gasteiger partial charge in [-0.15, -0.1) is 0 Å². The first-order chi connectivity index (χ1) is 4.72. The third kappa shape index (κ3) is 7.87. The zero-order valence-electron chi connectivity index (χ0n) is 8.76. The molecule has 0 aromatic rings. The first-order valence-electron chi connectivity index (χ1n) is 3.95. The van der Waals surface area contributed by atoms with E-state index < -0.39 is 5.97 Å². The van der Waals surface area contributed by atoms with Gasteiger partial charge >= 0.3 is 74.9 Å². The van der Waals surface area contributed by atoms with Crippen LogP contribution in [0.2, 0.25) is 0 Å². The van der Waals surface area contributed by atoms with Crippen LogP contribution in [0.5, 0.6) is 0 Å². The molecule has 0 fully saturated rings. The number of carbonyl (C=O) groups is 1. The van der Waals surface area contributed by atoms with Gasteiger partial charge in [-0.1, -0.05) is 26.7 Å². The second kappa shape index (κ2) is 9.61. The average Bonchev–Trinajstić information content (AvgIpc) is 1.87. The Kier molecular flexibility index (Phi) is 13.1. The van der Waals surface area contributed by atoms with Gasteiger partial charge in [-0.05, 0) is 12.8 Å². The van der Waals surface area contributed by atoms with Crippen LogP contribution in [0, 0.1) is 5.92 Å². The molecule has 0 aromatic heterocycles. The molecule has 0 aliphatic carbocycles. The Balaban J connectivity index is -0.000000405. The molecule has 62 valence electrons. The third-order valence-electron chi connectivity index (χ3n) is 1.62. The van der Waals surface area contributed by atoms with Gasteiger partial charge in [0, 0.05) is 0 Å². The number of carboxylic acids is 1. The molecule has 0 unspecified atom stereocenters. The van der Waals surface area contributed by atoms with Gasteiger partial charge in [-0.2, -0.15) is 0 Å². The standard InChI is InChI=1S/C8H16O2.Cs.H/c1-3-5-7(6-4-2)8(9)10;;/h7H,3-6H2,1-2H3,(H,9,10);;/q;+1;-1. The number of rotatable bonds is 5. The van der Waals surface area contributed by atoms with Crippen molar-refractivity contribution < 1.29 is 80.2 Å². The first-order valence-corrected chi connectivity index (χ1v) is 3.95. The van der Waals surface area contributed by atoms with Crippen molar-refractivity contribution in [2.45, 2.75) is 39.5 Å². The molecular formula is C8H17CsO2. The summed E-state index contributed by atoms with van der Waals surface area (Å²) in [6.45, 7) is 4.04. The second-order valence-corrected chi connectivity index (χ2v) is 2.61. The summed E-state index contributed by atoms with van der Waals surface area (Å²) in [5.74, 6) is -0.737. The van der Waals surface area contributed by atoms with Crippen LogP contribution in [0.15, 0.2) is 0 Å². The molecule has 0 aliphatic heterocycles. The fourth-order valence-corrected chi connectivity index (χ4v) is 1.09. The molecule has 11 heavy (non-hydrogen) atoms. The third-order valence-corrected chi connectivity index (χ3v) is 1.62. The fourth-order valence-electron chi connectivity index (χ4n) is 1.09. The normalized spacial score (nSPS) is 9.36. The van der Waals surface area contributed by atoms with Gasteiger partial charge in [-0.25, -0.2) is 0 Å². The molecule has 0 aromatic carbocycles. The van der Waals surface area contributed by atoms with Gasteiger partial charge in [0.25, 0.3) is 0 Å². The van der Waals surface area contributed by atoms with E-state index in [2.05, 4.69) is 0 Å². The van der Waals surface area contributed by atoms with Crippen LogP contribution in [-0.2, 0) is 4.79 Å². The van der Waals surface area contributed by atoms with Crippen LogP contribution >= 0.6 is 0 Å². The number of aliphatic carboxylic acids is 1. The Hall–Kier alpha value is 1.52. The van der Waals surface area contributed by atoms with Crippen molar-refractivity contribution in [2.24, 2.45) is 5.92 Å². The summed E-state index contributed by atoms with van der Waals surface area (Å²) in [6, 6.07) is 0. The van der Waals surface area contributed by atoms with Crippen molar-refractivity contribution >= 4 is 5.97 Å². The van der Waals surface area contributed by atoms with Crippen LogP contribution in [0.4, 0.5) is 0 Å². The van der Waals surface area contributed by atoms with Crippen molar-refractivity contribution in [3.05, 3.63) is 0 Å². The maximum absolute atomic E-state index is 10.5. The molecule has 0 heterocycles. The van der Waals surface area contributed by atoms with E-state index in [0.717, 1.165) is 25.7 Å². The zero-order valence-corrected chi connectivity index (χ0v) is 14.0. The van der Waals surface area contributed by atoms with Gasteiger partial charge in [0.15, 0.2) is 0 Å². The summed E-state index contributed by atoms with van der Waals surface area (Å²) >= 11 is 0. The minimum absolute atomic E-state index is 0. The van der Waals surface area contributed by atoms with E-state index >= 15 is 0 Å². The van der Waals surface area contributed by atoms with Gasteiger partial charge in [-0.3, -0.25) is 4.79 Å². The van der Waals surface area contributed by atoms with Gasteiger partial charge in [0.2, 0.25) is 0 Å². The Morgan fingerprint density at radius 3 is 1.91 bits per heavy atom. The van der Waals surface area contributed by atoms with E-state index in [1.807, 2.05) is 13.8 Å². The maximum Gasteiger partial charge on any atom is 1.00 e. The van der Waals surface area contributed by atoms with E-state index in [1.165, 1.54) is 0 Å². The Labute approximate surface area is 129 Å². The predicted octanol–water partition coefficient (Wildman–Crippen LogP) is -0.596. The van der Waals surface area contributed by atoms with E-state index in [4.69, 9.17) is 5.11 Å². The van der Waals surface area contributed by atoms with Gasteiger partial charge < -0.3 is 6.53 Å². The topological polar surface area (TPSA) is 37.3 Å². The molecular weight excluding hydrogens is 261 g/mol. The van der Waals surface area contributed by atoms with Crippen molar-refractivity contribution in [1.82, 2.24) is 0 Å². The number of carboxylic acid groups (broad SMARTS) is 1. The summed E-state index contributed by atoms with van der Waals surface area (Å²) in [5, 5.41) is 8.64. The quantitative estimate of drug-likeness (QED) is 0.729. The Bertz CT molecular complexity index is 103. The van der Waals surface area contributed by atoms with Crippen molar-refractivity contribution in [2.75, 3.05) is 0 Å². The zero-order chi connectivity index (χ0) is 7.98. The molecule has 0 saturated carbocycles. The molecule has 0 aliphatic rings. The van der Waals surface area contributed by atoms with Crippen molar-refractivity contribution in [1.29, 1.82) is 0 Å². The molecule has 0 rings (SSSR count). The van der Waals surface area contributed by atoms with E-state index in [9.17, 15) is 4.79 Å². The smallest absolute Gasteiger partial charge is 1.00 e. The number of hydrogen-bond acceptors (Lipinski definition) is 1. The molecule has 3 heteroatoms. The fraction of sp³-hybridized carbons (Fsp3) is 0.875. The minimum Gasteiger partial charge on any atom is -1.00 e. The molecule has 2 nitrogen and oxygen atoms in total. The SMILES string of the molecule is CCCC(CCC)C(=O)O.[Cs+].[H-]. The first kappa shape index (κ1) is 15.0. The van der Waals surface area contributed by atoms with Gasteiger partial charge in [0.05, 0.1) is 5.92 Å². The molecule has 0 atom stereocenters. The largest absolute Gasteiger partial charge is 1.00 e. The van der Waals surface area contributed by atoms with Crippen molar-refractivity contribution in [3.63, 3.8) is 0 Å². The molecule has 0 saturated heterocycles. The molecule has 0 spiro atoms. The number of hydrogen-bond donors (Lipinski definition) is 1. The van der Waals surface area contributed by atoms with Crippen LogP contribution in [0.1, 0.15) is 41.0 Å². The minimum atomic E-state index is -0.635. The maximum atomic E-state index is 10.5. The molecule has 0 radical (unpaired) electrons. The summed E-state index contributed by atoms with van der Waals surface area (Å²) in [7, 11) is 0. The monoisotopic (exact) mass is 278 g/mol. The van der Waals surface area contributed by atoms with Gasteiger partial charge in [0.1, 0.15) is 0 Å². The average molecular weight is 278 g/mol. The summed E-state index contributed by atoms with van der Waals surface area (Å²) in [5.41, 5.74) is 0. The summed E-state index contributed by atoms with van der Waals surface area (Å²) in [4.78, 5) is 10.5. The van der Waals surface area contributed by atoms with E-state index in [-0.39, 0.29) is 76.2 Å². The predicted molar refractivity (Wildman–Crippen MR) is 42.1 cm³/mol. The van der Waals surface area contributed by atoms with Crippen LogP contribution in [0.25, 0.3) is 0 Å².